The van der Waals surface area contributed by atoms with Crippen molar-refractivity contribution in [2.24, 2.45) is 0 Å². The maximum Gasteiger partial charge on any atom is 0.233 e. The summed E-state index contributed by atoms with van der Waals surface area (Å²) in [7, 11) is 0. The van der Waals surface area contributed by atoms with E-state index >= 15 is 0 Å². The first kappa shape index (κ1) is 10.4. The highest BCUT2D eigenvalue weighted by atomic mass is 16.5. The lowest BCUT2D eigenvalue weighted by molar-refractivity contribution is 0.289. The molecule has 0 radical (unpaired) electrons. The molecule has 2 aromatic rings. The van der Waals surface area contributed by atoms with E-state index in [-0.39, 0.29) is 0 Å². The highest BCUT2D eigenvalue weighted by Crippen LogP contribution is 2.15. The topological polar surface area (TPSA) is 39.1 Å². The Kier molecular flexibility index (Phi) is 2.80. The van der Waals surface area contributed by atoms with E-state index in [1.807, 2.05) is 28.9 Å². The standard InChI is InChI=1S/C13H15N3O/c1-2-4-11(5-3-1)10-17-13-8-12-9-14-6-7-16(12)15-13/h1-5,8,14H,6-7,9-10H2. The molecule has 0 saturated carbocycles. The molecule has 1 aromatic carbocycles. The van der Waals surface area contributed by atoms with Gasteiger partial charge in [-0.2, -0.15) is 0 Å². The van der Waals surface area contributed by atoms with E-state index in [9.17, 15) is 0 Å². The molecule has 1 aliphatic rings. The number of fused-ring (bicyclic) bond motifs is 1. The fourth-order valence-electron chi connectivity index (χ4n) is 1.97. The molecule has 17 heavy (non-hydrogen) atoms. The summed E-state index contributed by atoms with van der Waals surface area (Å²) in [5.74, 6) is 0.715. The Morgan fingerprint density at radius 2 is 2.18 bits per heavy atom. The van der Waals surface area contributed by atoms with E-state index in [4.69, 9.17) is 4.74 Å². The molecule has 0 fully saturated rings. The van der Waals surface area contributed by atoms with Gasteiger partial charge in [-0.3, -0.25) is 4.68 Å². The first-order chi connectivity index (χ1) is 8.42. The van der Waals surface area contributed by atoms with E-state index < -0.39 is 0 Å². The summed E-state index contributed by atoms with van der Waals surface area (Å²) in [4.78, 5) is 0. The third kappa shape index (κ3) is 2.31. The number of aromatic nitrogens is 2. The number of hydrogen-bond donors (Lipinski definition) is 1. The van der Waals surface area contributed by atoms with Crippen LogP contribution in [0.2, 0.25) is 0 Å². The fraction of sp³-hybridized carbons (Fsp3) is 0.308. The van der Waals surface area contributed by atoms with Crippen LogP contribution in [0, 0.1) is 0 Å². The Hall–Kier alpha value is -1.81. The first-order valence-electron chi connectivity index (χ1n) is 5.86. The molecule has 2 heterocycles. The fourth-order valence-corrected chi connectivity index (χ4v) is 1.97. The summed E-state index contributed by atoms with van der Waals surface area (Å²) in [6.45, 7) is 3.35. The number of nitrogens with one attached hydrogen (secondary N) is 1. The Morgan fingerprint density at radius 1 is 1.29 bits per heavy atom. The van der Waals surface area contributed by atoms with E-state index in [1.54, 1.807) is 0 Å². The number of hydrogen-bond acceptors (Lipinski definition) is 3. The number of nitrogens with zero attached hydrogens (tertiary/aromatic N) is 2. The second-order valence-electron chi connectivity index (χ2n) is 4.15. The Morgan fingerprint density at radius 3 is 3.00 bits per heavy atom. The smallest absolute Gasteiger partial charge is 0.233 e. The number of ether oxygens (including phenoxy) is 1. The average molecular weight is 229 g/mol. The Bertz CT molecular complexity index is 469. The minimum absolute atomic E-state index is 0.574. The van der Waals surface area contributed by atoms with Crippen LogP contribution >= 0.6 is 0 Å². The van der Waals surface area contributed by atoms with Gasteiger partial charge >= 0.3 is 0 Å². The highest BCUT2D eigenvalue weighted by Gasteiger charge is 2.11. The van der Waals surface area contributed by atoms with Gasteiger partial charge in [0, 0.05) is 19.2 Å². The van der Waals surface area contributed by atoms with Crippen LogP contribution in [0.5, 0.6) is 5.88 Å². The second-order valence-corrected chi connectivity index (χ2v) is 4.15. The summed E-state index contributed by atoms with van der Waals surface area (Å²) in [5.41, 5.74) is 2.36. The molecule has 1 N–H and O–H groups in total. The molecule has 88 valence electrons. The normalized spacial score (nSPS) is 14.4. The van der Waals surface area contributed by atoms with Gasteiger partial charge in [0.2, 0.25) is 5.88 Å². The van der Waals surface area contributed by atoms with Gasteiger partial charge in [-0.25, -0.2) is 0 Å². The molecule has 0 spiro atoms. The van der Waals surface area contributed by atoms with Crippen molar-refractivity contribution in [2.45, 2.75) is 19.7 Å². The monoisotopic (exact) mass is 229 g/mol. The van der Waals surface area contributed by atoms with Gasteiger partial charge in [0.15, 0.2) is 0 Å². The first-order valence-corrected chi connectivity index (χ1v) is 5.86. The third-order valence-corrected chi connectivity index (χ3v) is 2.88. The maximum atomic E-state index is 5.69. The molecule has 3 rings (SSSR count). The third-order valence-electron chi connectivity index (χ3n) is 2.88. The van der Waals surface area contributed by atoms with Gasteiger partial charge in [0.05, 0.1) is 12.2 Å². The van der Waals surface area contributed by atoms with E-state index in [2.05, 4.69) is 22.5 Å². The molecule has 0 bridgehead atoms. The number of rotatable bonds is 3. The van der Waals surface area contributed by atoms with Crippen molar-refractivity contribution >= 4 is 0 Å². The molecule has 4 heteroatoms. The van der Waals surface area contributed by atoms with Gasteiger partial charge < -0.3 is 10.1 Å². The van der Waals surface area contributed by atoms with Crippen LogP contribution in [-0.4, -0.2) is 16.3 Å². The second kappa shape index (κ2) is 4.59. The van der Waals surface area contributed by atoms with Crippen molar-refractivity contribution in [3.05, 3.63) is 47.7 Å². The van der Waals surface area contributed by atoms with Crippen LogP contribution < -0.4 is 10.1 Å². The zero-order valence-electron chi connectivity index (χ0n) is 9.60. The zero-order chi connectivity index (χ0) is 11.5. The van der Waals surface area contributed by atoms with Crippen molar-refractivity contribution < 1.29 is 4.74 Å². The van der Waals surface area contributed by atoms with Gasteiger partial charge in [-0.05, 0) is 5.56 Å². The molecular formula is C13H15N3O. The molecule has 0 aliphatic carbocycles. The summed E-state index contributed by atoms with van der Waals surface area (Å²) < 4.78 is 7.70. The minimum atomic E-state index is 0.574. The molecule has 4 nitrogen and oxygen atoms in total. The highest BCUT2D eigenvalue weighted by molar-refractivity contribution is 5.18. The van der Waals surface area contributed by atoms with Crippen LogP contribution in [0.1, 0.15) is 11.3 Å². The van der Waals surface area contributed by atoms with Crippen LogP contribution in [0.25, 0.3) is 0 Å². The van der Waals surface area contributed by atoms with Crippen molar-refractivity contribution in [1.82, 2.24) is 15.1 Å². The lowest BCUT2D eigenvalue weighted by atomic mass is 10.2. The molecular weight excluding hydrogens is 214 g/mol. The summed E-state index contributed by atoms with van der Waals surface area (Å²) in [6, 6.07) is 12.1. The minimum Gasteiger partial charge on any atom is -0.472 e. The van der Waals surface area contributed by atoms with Crippen LogP contribution in [-0.2, 0) is 19.7 Å². The Labute approximate surface area is 100 Å². The van der Waals surface area contributed by atoms with E-state index in [0.29, 0.717) is 12.5 Å². The summed E-state index contributed by atoms with van der Waals surface area (Å²) in [6.07, 6.45) is 0. The lowest BCUT2D eigenvalue weighted by Crippen LogP contribution is -2.28. The van der Waals surface area contributed by atoms with Gasteiger partial charge in [-0.15, -0.1) is 5.10 Å². The predicted molar refractivity (Wildman–Crippen MR) is 64.7 cm³/mol. The van der Waals surface area contributed by atoms with E-state index in [1.165, 1.54) is 5.69 Å². The largest absolute Gasteiger partial charge is 0.472 e. The van der Waals surface area contributed by atoms with Crippen molar-refractivity contribution in [1.29, 1.82) is 0 Å². The molecule has 0 amide bonds. The van der Waals surface area contributed by atoms with Crippen molar-refractivity contribution in [3.63, 3.8) is 0 Å². The van der Waals surface area contributed by atoms with Gasteiger partial charge in [0.25, 0.3) is 0 Å². The molecule has 1 aromatic heterocycles. The predicted octanol–water partition coefficient (Wildman–Crippen LogP) is 1.57. The average Bonchev–Trinajstić information content (AvgIpc) is 2.80. The molecule has 0 atom stereocenters. The van der Waals surface area contributed by atoms with Crippen molar-refractivity contribution in [2.75, 3.05) is 6.54 Å². The summed E-state index contributed by atoms with van der Waals surface area (Å²) >= 11 is 0. The lowest BCUT2D eigenvalue weighted by Gasteiger charge is -2.13. The van der Waals surface area contributed by atoms with Crippen LogP contribution in [0.3, 0.4) is 0 Å². The van der Waals surface area contributed by atoms with Gasteiger partial charge in [-0.1, -0.05) is 30.3 Å². The zero-order valence-corrected chi connectivity index (χ0v) is 9.60. The van der Waals surface area contributed by atoms with Gasteiger partial charge in [0.1, 0.15) is 6.61 Å². The summed E-state index contributed by atoms with van der Waals surface area (Å²) in [5, 5.41) is 7.73. The van der Waals surface area contributed by atoms with Crippen LogP contribution in [0.4, 0.5) is 0 Å². The molecule has 0 saturated heterocycles. The maximum absolute atomic E-state index is 5.69. The van der Waals surface area contributed by atoms with Crippen LogP contribution in [0.15, 0.2) is 36.4 Å². The quantitative estimate of drug-likeness (QED) is 0.868. The Balaban J connectivity index is 1.67. The van der Waals surface area contributed by atoms with E-state index in [0.717, 1.165) is 25.2 Å². The SMILES string of the molecule is c1ccc(COc2cc3n(n2)CCNC3)cc1. The molecule has 1 aliphatic heterocycles. The molecule has 0 unspecified atom stereocenters. The number of benzene rings is 1. The van der Waals surface area contributed by atoms with Crippen molar-refractivity contribution in [3.8, 4) is 5.88 Å².